The zero-order valence-electron chi connectivity index (χ0n) is 11.4. The quantitative estimate of drug-likeness (QED) is 0.550. The summed E-state index contributed by atoms with van der Waals surface area (Å²) >= 11 is 0. The fourth-order valence-corrected chi connectivity index (χ4v) is 1.65. The van der Waals surface area contributed by atoms with Gasteiger partial charge in [-0.2, -0.15) is 0 Å². The van der Waals surface area contributed by atoms with Crippen molar-refractivity contribution in [2.45, 2.75) is 46.1 Å². The smallest absolute Gasteiger partial charge is 0.302 e. The predicted octanol–water partition coefficient (Wildman–Crippen LogP) is 3.36. The van der Waals surface area contributed by atoms with E-state index in [9.17, 15) is 4.79 Å². The Morgan fingerprint density at radius 2 is 1.83 bits per heavy atom. The molecule has 0 heterocycles. The number of hydrogen-bond donors (Lipinski definition) is 0. The van der Waals surface area contributed by atoms with Crippen molar-refractivity contribution in [3.8, 4) is 5.75 Å². The molecule has 18 heavy (non-hydrogen) atoms. The number of carbonyl (C=O) groups excluding carboxylic acids is 1. The molecule has 0 N–H and O–H groups in total. The molecule has 0 saturated heterocycles. The van der Waals surface area contributed by atoms with Gasteiger partial charge in [0, 0.05) is 6.92 Å². The molecule has 100 valence electrons. The van der Waals surface area contributed by atoms with Gasteiger partial charge in [-0.3, -0.25) is 4.79 Å². The summed E-state index contributed by atoms with van der Waals surface area (Å²) in [5, 5.41) is 0. The van der Waals surface area contributed by atoms with Gasteiger partial charge in [0.25, 0.3) is 0 Å². The number of unbranched alkanes of at least 4 members (excludes halogenated alkanes) is 1. The topological polar surface area (TPSA) is 35.5 Å². The summed E-state index contributed by atoms with van der Waals surface area (Å²) < 4.78 is 10.5. The molecule has 0 aliphatic carbocycles. The lowest BCUT2D eigenvalue weighted by atomic mass is 10.1. The Kier molecular flexibility index (Phi) is 6.26. The van der Waals surface area contributed by atoms with Gasteiger partial charge >= 0.3 is 5.97 Å². The molecule has 0 fully saturated rings. The molecular weight excluding hydrogens is 228 g/mol. The molecule has 0 radical (unpaired) electrons. The molecule has 1 rings (SSSR count). The minimum atomic E-state index is -0.204. The lowest BCUT2D eigenvalue weighted by Gasteiger charge is -2.10. The van der Waals surface area contributed by atoms with E-state index in [2.05, 4.69) is 12.1 Å². The van der Waals surface area contributed by atoms with E-state index in [1.54, 1.807) is 0 Å². The van der Waals surface area contributed by atoms with Gasteiger partial charge < -0.3 is 9.47 Å². The molecule has 1 aromatic carbocycles. The van der Waals surface area contributed by atoms with Gasteiger partial charge in [0.2, 0.25) is 0 Å². The molecule has 0 unspecified atom stereocenters. The van der Waals surface area contributed by atoms with Crippen LogP contribution in [0.25, 0.3) is 0 Å². The van der Waals surface area contributed by atoms with Crippen molar-refractivity contribution in [3.63, 3.8) is 0 Å². The number of benzene rings is 1. The monoisotopic (exact) mass is 250 g/mol. The molecule has 3 heteroatoms. The number of carbonyl (C=O) groups is 1. The zero-order valence-corrected chi connectivity index (χ0v) is 11.4. The Morgan fingerprint density at radius 1 is 1.17 bits per heavy atom. The predicted molar refractivity (Wildman–Crippen MR) is 71.8 cm³/mol. The minimum Gasteiger partial charge on any atom is -0.491 e. The summed E-state index contributed by atoms with van der Waals surface area (Å²) in [7, 11) is 0. The number of rotatable bonds is 7. The fourth-order valence-electron chi connectivity index (χ4n) is 1.65. The van der Waals surface area contributed by atoms with Crippen LogP contribution >= 0.6 is 0 Å². The molecule has 0 spiro atoms. The van der Waals surface area contributed by atoms with Crippen molar-refractivity contribution in [3.05, 3.63) is 29.8 Å². The summed E-state index contributed by atoms with van der Waals surface area (Å²) in [5.41, 5.74) is 1.29. The highest BCUT2D eigenvalue weighted by Gasteiger charge is 1.99. The van der Waals surface area contributed by atoms with Crippen LogP contribution in [0.2, 0.25) is 0 Å². The lowest BCUT2D eigenvalue weighted by Crippen LogP contribution is -2.05. The van der Waals surface area contributed by atoms with Gasteiger partial charge in [-0.25, -0.2) is 0 Å². The van der Waals surface area contributed by atoms with Gasteiger partial charge in [0.15, 0.2) is 0 Å². The van der Waals surface area contributed by atoms with E-state index in [-0.39, 0.29) is 12.1 Å². The number of aryl methyl sites for hydroxylation is 1. The molecule has 0 saturated carbocycles. The summed E-state index contributed by atoms with van der Waals surface area (Å²) in [4.78, 5) is 10.6. The first kappa shape index (κ1) is 14.6. The average molecular weight is 250 g/mol. The standard InChI is InChI=1S/C15H22O3/c1-12(2)18-15-9-7-14(8-10-15)6-4-5-11-17-13(3)16/h7-10,12H,4-6,11H2,1-3H3. The number of esters is 1. The van der Waals surface area contributed by atoms with Crippen molar-refractivity contribution in [2.24, 2.45) is 0 Å². The lowest BCUT2D eigenvalue weighted by molar-refractivity contribution is -0.141. The molecular formula is C15H22O3. The Hall–Kier alpha value is -1.51. The van der Waals surface area contributed by atoms with Crippen LogP contribution in [-0.2, 0) is 16.0 Å². The van der Waals surface area contributed by atoms with E-state index in [4.69, 9.17) is 9.47 Å². The number of ether oxygens (including phenoxy) is 2. The summed E-state index contributed by atoms with van der Waals surface area (Å²) in [5.74, 6) is 0.707. The van der Waals surface area contributed by atoms with Gasteiger partial charge in [0.1, 0.15) is 5.75 Å². The first-order valence-corrected chi connectivity index (χ1v) is 6.47. The Morgan fingerprint density at radius 3 is 2.39 bits per heavy atom. The van der Waals surface area contributed by atoms with Crippen LogP contribution in [-0.4, -0.2) is 18.7 Å². The maximum absolute atomic E-state index is 10.6. The van der Waals surface area contributed by atoms with E-state index in [0.717, 1.165) is 25.0 Å². The molecule has 3 nitrogen and oxygen atoms in total. The second kappa shape index (κ2) is 7.75. The third kappa shape index (κ3) is 6.28. The van der Waals surface area contributed by atoms with Gasteiger partial charge in [-0.05, 0) is 50.8 Å². The molecule has 0 amide bonds. The highest BCUT2D eigenvalue weighted by atomic mass is 16.5. The van der Waals surface area contributed by atoms with Gasteiger partial charge in [-0.1, -0.05) is 12.1 Å². The third-order valence-corrected chi connectivity index (χ3v) is 2.46. The van der Waals surface area contributed by atoms with Crippen molar-refractivity contribution in [1.82, 2.24) is 0 Å². The molecule has 0 aliphatic rings. The van der Waals surface area contributed by atoms with Crippen molar-refractivity contribution in [2.75, 3.05) is 6.61 Å². The highest BCUT2D eigenvalue weighted by Crippen LogP contribution is 2.15. The van der Waals surface area contributed by atoms with Crippen LogP contribution in [0, 0.1) is 0 Å². The Labute approximate surface area is 109 Å². The normalized spacial score (nSPS) is 10.4. The second-order valence-electron chi connectivity index (χ2n) is 4.61. The molecule has 0 bridgehead atoms. The van der Waals surface area contributed by atoms with Gasteiger partial charge in [-0.15, -0.1) is 0 Å². The SMILES string of the molecule is CC(=O)OCCCCc1ccc(OC(C)C)cc1. The van der Waals surface area contributed by atoms with E-state index >= 15 is 0 Å². The number of hydrogen-bond acceptors (Lipinski definition) is 3. The van der Waals surface area contributed by atoms with Crippen LogP contribution in [0.15, 0.2) is 24.3 Å². The molecule has 0 atom stereocenters. The second-order valence-corrected chi connectivity index (χ2v) is 4.61. The summed E-state index contributed by atoms with van der Waals surface area (Å²) in [6, 6.07) is 8.18. The Bertz CT molecular complexity index is 355. The van der Waals surface area contributed by atoms with E-state index in [1.165, 1.54) is 12.5 Å². The highest BCUT2D eigenvalue weighted by molar-refractivity contribution is 5.65. The zero-order chi connectivity index (χ0) is 13.4. The average Bonchev–Trinajstić information content (AvgIpc) is 2.30. The minimum absolute atomic E-state index is 0.204. The first-order chi connectivity index (χ1) is 8.58. The van der Waals surface area contributed by atoms with Crippen molar-refractivity contribution in [1.29, 1.82) is 0 Å². The summed E-state index contributed by atoms with van der Waals surface area (Å²) in [6.45, 7) is 5.99. The van der Waals surface area contributed by atoms with Gasteiger partial charge in [0.05, 0.1) is 12.7 Å². The largest absolute Gasteiger partial charge is 0.491 e. The van der Waals surface area contributed by atoms with E-state index < -0.39 is 0 Å². The maximum Gasteiger partial charge on any atom is 0.302 e. The molecule has 0 aromatic heterocycles. The molecule has 0 aliphatic heterocycles. The first-order valence-electron chi connectivity index (χ1n) is 6.47. The van der Waals surface area contributed by atoms with Crippen molar-refractivity contribution < 1.29 is 14.3 Å². The fraction of sp³-hybridized carbons (Fsp3) is 0.533. The summed E-state index contributed by atoms with van der Waals surface area (Å²) in [6.07, 6.45) is 3.14. The van der Waals surface area contributed by atoms with E-state index in [0.29, 0.717) is 6.61 Å². The van der Waals surface area contributed by atoms with Crippen LogP contribution in [0.5, 0.6) is 5.75 Å². The van der Waals surface area contributed by atoms with Crippen LogP contribution in [0.3, 0.4) is 0 Å². The maximum atomic E-state index is 10.6. The van der Waals surface area contributed by atoms with E-state index in [1.807, 2.05) is 26.0 Å². The Balaban J connectivity index is 2.24. The van der Waals surface area contributed by atoms with Crippen LogP contribution in [0.4, 0.5) is 0 Å². The third-order valence-electron chi connectivity index (χ3n) is 2.46. The van der Waals surface area contributed by atoms with Crippen LogP contribution in [0.1, 0.15) is 39.2 Å². The van der Waals surface area contributed by atoms with Crippen molar-refractivity contribution >= 4 is 5.97 Å². The molecule has 1 aromatic rings. The van der Waals surface area contributed by atoms with Crippen LogP contribution < -0.4 is 4.74 Å².